The molecule has 4 atom stereocenters. The lowest BCUT2D eigenvalue weighted by atomic mass is 9.57. The minimum Gasteiger partial charge on any atom is -0.312 e. The summed E-state index contributed by atoms with van der Waals surface area (Å²) in [7, 11) is 1.76. The predicted molar refractivity (Wildman–Crippen MR) is 121 cm³/mol. The molecule has 4 rings (SSSR count). The van der Waals surface area contributed by atoms with Gasteiger partial charge in [-0.15, -0.1) is 0 Å². The van der Waals surface area contributed by atoms with Crippen molar-refractivity contribution in [2.75, 3.05) is 13.6 Å². The highest BCUT2D eigenvalue weighted by molar-refractivity contribution is 6.11. The fourth-order valence-electron chi connectivity index (χ4n) is 7.13. The lowest BCUT2D eigenvalue weighted by molar-refractivity contribution is -0.143. The van der Waals surface area contributed by atoms with E-state index in [4.69, 9.17) is 0 Å². The van der Waals surface area contributed by atoms with Crippen molar-refractivity contribution in [3.8, 4) is 0 Å². The summed E-state index contributed by atoms with van der Waals surface area (Å²) in [5.74, 6) is 1.04. The molecule has 1 heterocycles. The lowest BCUT2D eigenvalue weighted by Crippen LogP contribution is -2.60. The van der Waals surface area contributed by atoms with Gasteiger partial charge in [0.05, 0.1) is 6.54 Å². The van der Waals surface area contributed by atoms with Crippen molar-refractivity contribution in [2.24, 2.45) is 17.3 Å². The smallest absolute Gasteiger partial charge is 0.312 e. The summed E-state index contributed by atoms with van der Waals surface area (Å²) in [4.78, 5) is 43.3. The average Bonchev–Trinajstić information content (AvgIpc) is 3.06. The molecule has 0 N–H and O–H groups in total. The molecule has 1 saturated heterocycles. The Balaban J connectivity index is 1.63. The number of rotatable bonds is 6. The first-order valence-corrected chi connectivity index (χ1v) is 12.3. The van der Waals surface area contributed by atoms with Gasteiger partial charge >= 0.3 is 6.03 Å². The predicted octanol–water partition coefficient (Wildman–Crippen LogP) is 5.26. The number of hydrogen-bond acceptors (Lipinski definition) is 3. The number of urea groups is 1. The lowest BCUT2D eigenvalue weighted by Gasteiger charge is -2.51. The maximum absolute atomic E-state index is 13.9. The standard InChI is InChI=1S/C26H38N2O3/c1-5-20-10-8-7-9-11-21(20)22(29)17-28-23(30)25(3,27(4)24(28)31)26(6-2)15-18-12-13-19(14-18)16-26/h9,11,18-19H,5-8,10,12-17H2,1-4H3/t18-,19?,25?,26?/m1/s1. The van der Waals surface area contributed by atoms with Gasteiger partial charge in [-0.2, -0.15) is 0 Å². The van der Waals surface area contributed by atoms with Crippen LogP contribution in [-0.4, -0.2) is 46.7 Å². The van der Waals surface area contributed by atoms with E-state index in [0.717, 1.165) is 50.5 Å². The monoisotopic (exact) mass is 426 g/mol. The average molecular weight is 427 g/mol. The van der Waals surface area contributed by atoms with Gasteiger partial charge in [0.15, 0.2) is 5.78 Å². The molecule has 0 aromatic heterocycles. The summed E-state index contributed by atoms with van der Waals surface area (Å²) >= 11 is 0. The Morgan fingerprint density at radius 3 is 2.45 bits per heavy atom. The third-order valence-corrected chi connectivity index (χ3v) is 9.11. The van der Waals surface area contributed by atoms with Gasteiger partial charge in [0, 0.05) is 18.0 Å². The number of imide groups is 1. The second kappa shape index (κ2) is 8.22. The van der Waals surface area contributed by atoms with Crippen molar-refractivity contribution in [1.29, 1.82) is 0 Å². The molecule has 1 aliphatic heterocycles. The normalized spacial score (nSPS) is 35.9. The van der Waals surface area contributed by atoms with Crippen molar-refractivity contribution in [3.05, 3.63) is 23.3 Å². The number of hydrogen-bond donors (Lipinski definition) is 0. The van der Waals surface area contributed by atoms with E-state index in [1.807, 2.05) is 19.1 Å². The van der Waals surface area contributed by atoms with Gasteiger partial charge in [0.1, 0.15) is 5.54 Å². The molecule has 0 aromatic rings. The third kappa shape index (κ3) is 3.39. The minimum atomic E-state index is -0.873. The number of Topliss-reactive ketones (excluding diaryl/α,β-unsaturated/α-hetero) is 1. The summed E-state index contributed by atoms with van der Waals surface area (Å²) in [6.45, 7) is 6.06. The molecule has 3 unspecified atom stereocenters. The largest absolute Gasteiger partial charge is 0.327 e. The molecule has 5 nitrogen and oxygen atoms in total. The second-order valence-electron chi connectivity index (χ2n) is 10.5. The molecular weight excluding hydrogens is 388 g/mol. The van der Waals surface area contributed by atoms with Crippen LogP contribution in [0.2, 0.25) is 0 Å². The fraction of sp³-hybridized carbons (Fsp3) is 0.731. The SMILES string of the molecule is CCC1=C(C(=O)CN2C(=O)N(C)C(C)(C3(CC)CC4CC[C@H](C4)C3)C2=O)C=CCCC1. The van der Waals surface area contributed by atoms with Gasteiger partial charge in [0.25, 0.3) is 5.91 Å². The van der Waals surface area contributed by atoms with Crippen molar-refractivity contribution in [2.45, 2.75) is 90.5 Å². The molecule has 0 spiro atoms. The topological polar surface area (TPSA) is 57.7 Å². The number of allylic oxidation sites excluding steroid dienone is 3. The molecule has 170 valence electrons. The fourth-order valence-corrected chi connectivity index (χ4v) is 7.13. The van der Waals surface area contributed by atoms with E-state index in [1.54, 1.807) is 11.9 Å². The highest BCUT2D eigenvalue weighted by atomic mass is 16.2. The van der Waals surface area contributed by atoms with Crippen LogP contribution in [0.15, 0.2) is 23.3 Å². The van der Waals surface area contributed by atoms with Gasteiger partial charge in [-0.1, -0.05) is 44.4 Å². The van der Waals surface area contributed by atoms with E-state index < -0.39 is 5.54 Å². The number of carbonyl (C=O) groups excluding carboxylic acids is 3. The summed E-state index contributed by atoms with van der Waals surface area (Å²) in [5.41, 5.74) is 0.772. The van der Waals surface area contributed by atoms with Crippen molar-refractivity contribution < 1.29 is 14.4 Å². The van der Waals surface area contributed by atoms with E-state index in [-0.39, 0.29) is 29.7 Å². The van der Waals surface area contributed by atoms with Crippen LogP contribution in [0.4, 0.5) is 4.79 Å². The Morgan fingerprint density at radius 1 is 1.16 bits per heavy atom. The zero-order chi connectivity index (χ0) is 22.4. The van der Waals surface area contributed by atoms with Crippen molar-refractivity contribution in [1.82, 2.24) is 9.80 Å². The zero-order valence-corrected chi connectivity index (χ0v) is 19.7. The minimum absolute atomic E-state index is 0.108. The first kappa shape index (κ1) is 22.3. The van der Waals surface area contributed by atoms with Gasteiger partial charge in [-0.25, -0.2) is 4.79 Å². The number of amides is 3. The maximum atomic E-state index is 13.9. The van der Waals surface area contributed by atoms with Crippen LogP contribution in [0, 0.1) is 17.3 Å². The van der Waals surface area contributed by atoms with Crippen LogP contribution in [0.25, 0.3) is 0 Å². The quantitative estimate of drug-likeness (QED) is 0.544. The summed E-state index contributed by atoms with van der Waals surface area (Å²) in [6.07, 6.45) is 14.4. The van der Waals surface area contributed by atoms with Crippen LogP contribution in [0.1, 0.15) is 85.0 Å². The van der Waals surface area contributed by atoms with E-state index in [1.165, 1.54) is 24.2 Å². The van der Waals surface area contributed by atoms with E-state index in [0.29, 0.717) is 17.4 Å². The van der Waals surface area contributed by atoms with Crippen molar-refractivity contribution >= 4 is 17.7 Å². The molecule has 0 radical (unpaired) electrons. The highest BCUT2D eigenvalue weighted by Gasteiger charge is 2.65. The molecule has 31 heavy (non-hydrogen) atoms. The number of likely N-dealkylation sites (N-methyl/N-ethyl adjacent to an activating group) is 1. The van der Waals surface area contributed by atoms with Crippen molar-refractivity contribution in [3.63, 3.8) is 0 Å². The second-order valence-corrected chi connectivity index (χ2v) is 10.5. The van der Waals surface area contributed by atoms with Crippen LogP contribution in [0.3, 0.4) is 0 Å². The number of ketones is 1. The Kier molecular flexibility index (Phi) is 5.91. The molecule has 0 aromatic carbocycles. The Bertz CT molecular complexity index is 830. The van der Waals surface area contributed by atoms with Crippen LogP contribution in [-0.2, 0) is 9.59 Å². The Labute approximate surface area is 186 Å². The van der Waals surface area contributed by atoms with Crippen LogP contribution >= 0.6 is 0 Å². The maximum Gasteiger partial charge on any atom is 0.327 e. The van der Waals surface area contributed by atoms with Gasteiger partial charge in [0.2, 0.25) is 0 Å². The molecule has 2 saturated carbocycles. The van der Waals surface area contributed by atoms with Gasteiger partial charge in [-0.05, 0) is 70.1 Å². The molecule has 2 bridgehead atoms. The Morgan fingerprint density at radius 2 is 1.84 bits per heavy atom. The van der Waals surface area contributed by atoms with E-state index in [9.17, 15) is 14.4 Å². The summed E-state index contributed by atoms with van der Waals surface area (Å²) < 4.78 is 0. The van der Waals surface area contributed by atoms with Gasteiger partial charge < -0.3 is 4.90 Å². The third-order valence-electron chi connectivity index (χ3n) is 9.11. The summed E-state index contributed by atoms with van der Waals surface area (Å²) in [5, 5.41) is 0. The number of fused-ring (bicyclic) bond motifs is 2. The molecule has 5 heteroatoms. The highest BCUT2D eigenvalue weighted by Crippen LogP contribution is 2.59. The molecule has 4 aliphatic rings. The van der Waals surface area contributed by atoms with Crippen LogP contribution < -0.4 is 0 Å². The molecule has 3 fully saturated rings. The van der Waals surface area contributed by atoms with E-state index in [2.05, 4.69) is 13.8 Å². The number of carbonyl (C=O) groups is 3. The molecule has 3 amide bonds. The first-order chi connectivity index (χ1) is 14.8. The zero-order valence-electron chi connectivity index (χ0n) is 19.7. The summed E-state index contributed by atoms with van der Waals surface area (Å²) in [6, 6.07) is -0.317. The van der Waals surface area contributed by atoms with E-state index >= 15 is 0 Å². The Hall–Kier alpha value is -1.91. The van der Waals surface area contributed by atoms with Gasteiger partial charge in [-0.3, -0.25) is 14.5 Å². The first-order valence-electron chi connectivity index (χ1n) is 12.3. The molecule has 3 aliphatic carbocycles. The number of nitrogens with zero attached hydrogens (tertiary/aromatic N) is 2. The molecular formula is C26H38N2O3. The van der Waals surface area contributed by atoms with Crippen LogP contribution in [0.5, 0.6) is 0 Å².